The van der Waals surface area contributed by atoms with Crippen LogP contribution in [0, 0.1) is 6.92 Å². The van der Waals surface area contributed by atoms with E-state index in [0.29, 0.717) is 10.8 Å². The smallest absolute Gasteiger partial charge is 0.208 e. The van der Waals surface area contributed by atoms with Crippen molar-refractivity contribution in [2.24, 2.45) is 7.05 Å². The molecular weight excluding hydrogens is 382 g/mol. The Labute approximate surface area is 175 Å². The van der Waals surface area contributed by atoms with E-state index in [9.17, 15) is 0 Å². The first-order valence-corrected chi connectivity index (χ1v) is 9.74. The molecule has 0 saturated heterocycles. The molecule has 29 heavy (non-hydrogen) atoms. The fourth-order valence-electron chi connectivity index (χ4n) is 3.44. The highest BCUT2D eigenvalue weighted by Crippen LogP contribution is 2.35. The summed E-state index contributed by atoms with van der Waals surface area (Å²) >= 11 is 6.17. The minimum Gasteiger partial charge on any atom is -0.495 e. The van der Waals surface area contributed by atoms with Gasteiger partial charge in [-0.15, -0.1) is 0 Å². The van der Waals surface area contributed by atoms with E-state index in [1.807, 2.05) is 50.4 Å². The predicted octanol–water partition coefficient (Wildman–Crippen LogP) is 6.46. The Morgan fingerprint density at radius 2 is 1.83 bits per heavy atom. The highest BCUT2D eigenvalue weighted by Gasteiger charge is 2.14. The van der Waals surface area contributed by atoms with Crippen molar-refractivity contribution in [3.05, 3.63) is 82.4 Å². The van der Waals surface area contributed by atoms with Crippen molar-refractivity contribution in [1.82, 2.24) is 9.55 Å². The second kappa shape index (κ2) is 8.02. The Hall–Kier alpha value is -3.24. The number of nitrogens with zero attached hydrogens (tertiary/aromatic N) is 2. The molecule has 0 spiro atoms. The van der Waals surface area contributed by atoms with Crippen molar-refractivity contribution in [2.75, 3.05) is 12.4 Å². The van der Waals surface area contributed by atoms with Gasteiger partial charge in [0.05, 0.1) is 23.8 Å². The third-order valence-electron chi connectivity index (χ3n) is 4.90. The summed E-state index contributed by atoms with van der Waals surface area (Å²) in [6, 6.07) is 20.1. The summed E-state index contributed by atoms with van der Waals surface area (Å²) in [5, 5.41) is 4.06. The monoisotopic (exact) mass is 403 g/mol. The number of ether oxygens (including phenoxy) is 1. The Bertz CT molecular complexity index is 1200. The number of rotatable bonds is 5. The van der Waals surface area contributed by atoms with E-state index in [1.165, 1.54) is 0 Å². The normalized spacial score (nSPS) is 11.3. The number of para-hydroxylation sites is 1. The quantitative estimate of drug-likeness (QED) is 0.389. The van der Waals surface area contributed by atoms with E-state index < -0.39 is 0 Å². The minimum atomic E-state index is 0.642. The zero-order valence-corrected chi connectivity index (χ0v) is 17.4. The number of aryl methyl sites for hydroxylation is 2. The van der Waals surface area contributed by atoms with Crippen LogP contribution in [-0.2, 0) is 7.05 Å². The van der Waals surface area contributed by atoms with Gasteiger partial charge in [-0.2, -0.15) is 0 Å². The fraction of sp³-hybridized carbons (Fsp3) is 0.125. The summed E-state index contributed by atoms with van der Waals surface area (Å²) in [7, 11) is 3.65. The Morgan fingerprint density at radius 1 is 1.03 bits per heavy atom. The van der Waals surface area contributed by atoms with Gasteiger partial charge >= 0.3 is 0 Å². The van der Waals surface area contributed by atoms with Crippen molar-refractivity contribution < 1.29 is 4.74 Å². The molecule has 0 amide bonds. The van der Waals surface area contributed by atoms with Crippen molar-refractivity contribution in [3.8, 4) is 5.75 Å². The number of aromatic nitrogens is 2. The predicted molar refractivity (Wildman–Crippen MR) is 122 cm³/mol. The number of benzene rings is 3. The topological polar surface area (TPSA) is 39.1 Å². The molecule has 0 fully saturated rings. The van der Waals surface area contributed by atoms with Crippen molar-refractivity contribution in [3.63, 3.8) is 0 Å². The van der Waals surface area contributed by atoms with Crippen LogP contribution >= 0.6 is 11.6 Å². The van der Waals surface area contributed by atoms with Crippen LogP contribution in [0.2, 0.25) is 5.02 Å². The van der Waals surface area contributed by atoms with E-state index in [4.69, 9.17) is 21.3 Å². The van der Waals surface area contributed by atoms with E-state index >= 15 is 0 Å². The number of hydrogen-bond donors (Lipinski definition) is 1. The number of methoxy groups -OCH3 is 1. The first kappa shape index (κ1) is 19.1. The zero-order chi connectivity index (χ0) is 20.4. The summed E-state index contributed by atoms with van der Waals surface area (Å²) in [5.74, 6) is 1.43. The van der Waals surface area contributed by atoms with Gasteiger partial charge in [-0.1, -0.05) is 66.2 Å². The lowest BCUT2D eigenvalue weighted by Gasteiger charge is -2.14. The minimum absolute atomic E-state index is 0.642. The highest BCUT2D eigenvalue weighted by molar-refractivity contribution is 6.31. The van der Waals surface area contributed by atoms with Gasteiger partial charge in [0, 0.05) is 23.7 Å². The molecule has 0 atom stereocenters. The Morgan fingerprint density at radius 3 is 2.59 bits per heavy atom. The Balaban J connectivity index is 1.75. The maximum absolute atomic E-state index is 6.17. The summed E-state index contributed by atoms with van der Waals surface area (Å²) in [6.45, 7) is 1.99. The molecule has 0 aliphatic carbocycles. The molecule has 0 radical (unpaired) electrons. The standard InChI is InChI=1S/C24H22ClN3O/c1-16-14-19(25)15-21(29-3)22(16)27-24-26-20-11-7-10-18(23(20)28(24)2)13-12-17-8-5-4-6-9-17/h4-15H,1-3H3,(H,26,27)/b13-12+. The van der Waals surface area contributed by atoms with Gasteiger partial charge < -0.3 is 14.6 Å². The van der Waals surface area contributed by atoms with Crippen LogP contribution in [0.4, 0.5) is 11.6 Å². The summed E-state index contributed by atoms with van der Waals surface area (Å²) in [5.41, 5.74) is 6.10. The third kappa shape index (κ3) is 3.84. The molecule has 4 rings (SSSR count). The average Bonchev–Trinajstić information content (AvgIpc) is 3.05. The van der Waals surface area contributed by atoms with Gasteiger partial charge in [0.15, 0.2) is 0 Å². The maximum Gasteiger partial charge on any atom is 0.208 e. The second-order valence-corrected chi connectivity index (χ2v) is 7.31. The van der Waals surface area contributed by atoms with Gasteiger partial charge in [0.25, 0.3) is 0 Å². The molecule has 0 saturated carbocycles. The lowest BCUT2D eigenvalue weighted by atomic mass is 10.1. The van der Waals surface area contributed by atoms with E-state index in [2.05, 4.69) is 40.2 Å². The molecule has 4 nitrogen and oxygen atoms in total. The molecule has 0 aliphatic heterocycles. The van der Waals surface area contributed by atoms with E-state index in [1.54, 1.807) is 13.2 Å². The van der Waals surface area contributed by atoms with Gasteiger partial charge in [0.2, 0.25) is 5.95 Å². The third-order valence-corrected chi connectivity index (χ3v) is 5.12. The number of nitrogens with one attached hydrogen (secondary N) is 1. The molecular formula is C24H22ClN3O. The van der Waals surface area contributed by atoms with Crippen LogP contribution in [0.3, 0.4) is 0 Å². The number of fused-ring (bicyclic) bond motifs is 1. The van der Waals surface area contributed by atoms with Crippen LogP contribution in [-0.4, -0.2) is 16.7 Å². The fourth-order valence-corrected chi connectivity index (χ4v) is 3.70. The molecule has 0 unspecified atom stereocenters. The summed E-state index contributed by atoms with van der Waals surface area (Å²) in [6.07, 6.45) is 4.23. The largest absolute Gasteiger partial charge is 0.495 e. The van der Waals surface area contributed by atoms with Gasteiger partial charge in [-0.25, -0.2) is 4.98 Å². The lowest BCUT2D eigenvalue weighted by molar-refractivity contribution is 0.416. The van der Waals surface area contributed by atoms with Crippen LogP contribution in [0.5, 0.6) is 5.75 Å². The van der Waals surface area contributed by atoms with Crippen LogP contribution in [0.25, 0.3) is 23.2 Å². The molecule has 1 aromatic heterocycles. The van der Waals surface area contributed by atoms with E-state index in [0.717, 1.165) is 39.4 Å². The first-order chi connectivity index (χ1) is 14.1. The van der Waals surface area contributed by atoms with Gasteiger partial charge in [0.1, 0.15) is 5.75 Å². The van der Waals surface area contributed by atoms with E-state index in [-0.39, 0.29) is 0 Å². The number of halogens is 1. The number of imidazole rings is 1. The molecule has 4 aromatic rings. The molecule has 1 heterocycles. The van der Waals surface area contributed by atoms with Crippen LogP contribution < -0.4 is 10.1 Å². The number of anilines is 2. The SMILES string of the molecule is COc1cc(Cl)cc(C)c1Nc1nc2cccc(/C=C/c3ccccc3)c2n1C. The Kier molecular flexibility index (Phi) is 5.28. The summed E-state index contributed by atoms with van der Waals surface area (Å²) in [4.78, 5) is 4.79. The van der Waals surface area contributed by atoms with Crippen molar-refractivity contribution in [2.45, 2.75) is 6.92 Å². The molecule has 146 valence electrons. The second-order valence-electron chi connectivity index (χ2n) is 6.88. The lowest BCUT2D eigenvalue weighted by Crippen LogP contribution is -2.03. The molecule has 5 heteroatoms. The number of hydrogen-bond acceptors (Lipinski definition) is 3. The molecule has 3 aromatic carbocycles. The molecule has 0 aliphatic rings. The first-order valence-electron chi connectivity index (χ1n) is 9.36. The van der Waals surface area contributed by atoms with Crippen LogP contribution in [0.15, 0.2) is 60.7 Å². The highest BCUT2D eigenvalue weighted by atomic mass is 35.5. The molecule has 1 N–H and O–H groups in total. The van der Waals surface area contributed by atoms with Crippen molar-refractivity contribution in [1.29, 1.82) is 0 Å². The maximum atomic E-state index is 6.17. The molecule has 0 bridgehead atoms. The zero-order valence-electron chi connectivity index (χ0n) is 16.6. The van der Waals surface area contributed by atoms with Crippen molar-refractivity contribution >= 4 is 46.4 Å². The summed E-state index contributed by atoms with van der Waals surface area (Å²) < 4.78 is 7.57. The van der Waals surface area contributed by atoms with Crippen LogP contribution in [0.1, 0.15) is 16.7 Å². The average molecular weight is 404 g/mol. The van der Waals surface area contributed by atoms with Gasteiger partial charge in [-0.3, -0.25) is 0 Å². The van der Waals surface area contributed by atoms with Gasteiger partial charge in [-0.05, 0) is 30.2 Å².